The molecule has 0 radical (unpaired) electrons. The largest absolute Gasteiger partial charge is 0.389 e. The van der Waals surface area contributed by atoms with Crippen LogP contribution in [0.2, 0.25) is 0 Å². The van der Waals surface area contributed by atoms with Gasteiger partial charge in [-0.1, -0.05) is 13.3 Å². The third kappa shape index (κ3) is 4.06. The molecule has 0 amide bonds. The van der Waals surface area contributed by atoms with Crippen LogP contribution < -0.4 is 5.32 Å². The first-order valence-electron chi connectivity index (χ1n) is 7.99. The second-order valence-corrected chi connectivity index (χ2v) is 6.56. The fourth-order valence-corrected chi connectivity index (χ4v) is 2.98. The van der Waals surface area contributed by atoms with E-state index >= 15 is 0 Å². The number of nitrogens with zero attached hydrogens (tertiary/aromatic N) is 2. The standard InChI is InChI=1S/C16H29N3O/c1-4-14-5-8-16(20,9-6-14)12-17-11-15-7-10-19(18-15)13(2)3/h7,10,13-14,17,20H,4-6,8-9,11-12H2,1-3H3. The van der Waals surface area contributed by atoms with Gasteiger partial charge < -0.3 is 10.4 Å². The predicted octanol–water partition coefficient (Wildman–Crippen LogP) is 2.88. The molecule has 1 heterocycles. The van der Waals surface area contributed by atoms with Gasteiger partial charge in [-0.05, 0) is 51.5 Å². The lowest BCUT2D eigenvalue weighted by molar-refractivity contribution is -0.00887. The summed E-state index contributed by atoms with van der Waals surface area (Å²) in [5.41, 5.74) is 0.538. The van der Waals surface area contributed by atoms with Crippen molar-refractivity contribution in [1.82, 2.24) is 15.1 Å². The molecule has 0 bridgehead atoms. The van der Waals surface area contributed by atoms with Gasteiger partial charge in [0.25, 0.3) is 0 Å². The predicted molar refractivity (Wildman–Crippen MR) is 81.5 cm³/mol. The Kier molecular flexibility index (Phi) is 5.22. The molecule has 0 saturated heterocycles. The highest BCUT2D eigenvalue weighted by atomic mass is 16.3. The van der Waals surface area contributed by atoms with Gasteiger partial charge in [0.2, 0.25) is 0 Å². The van der Waals surface area contributed by atoms with E-state index in [0.717, 1.165) is 43.8 Å². The molecule has 1 saturated carbocycles. The van der Waals surface area contributed by atoms with Crippen molar-refractivity contribution in [1.29, 1.82) is 0 Å². The first-order valence-corrected chi connectivity index (χ1v) is 7.99. The zero-order valence-electron chi connectivity index (χ0n) is 13.1. The number of hydrogen-bond donors (Lipinski definition) is 2. The van der Waals surface area contributed by atoms with Crippen LogP contribution in [0.15, 0.2) is 12.3 Å². The van der Waals surface area contributed by atoms with Crippen LogP contribution in [-0.2, 0) is 6.54 Å². The third-order valence-corrected chi connectivity index (χ3v) is 4.57. The molecule has 4 heteroatoms. The number of hydrogen-bond acceptors (Lipinski definition) is 3. The monoisotopic (exact) mass is 279 g/mol. The van der Waals surface area contributed by atoms with E-state index in [1.165, 1.54) is 6.42 Å². The summed E-state index contributed by atoms with van der Waals surface area (Å²) in [7, 11) is 0. The normalized spacial score (nSPS) is 27.1. The zero-order chi connectivity index (χ0) is 14.6. The molecule has 1 aliphatic carbocycles. The lowest BCUT2D eigenvalue weighted by Gasteiger charge is -2.36. The van der Waals surface area contributed by atoms with Crippen LogP contribution in [0, 0.1) is 5.92 Å². The first kappa shape index (κ1) is 15.5. The van der Waals surface area contributed by atoms with Crippen molar-refractivity contribution in [3.63, 3.8) is 0 Å². The smallest absolute Gasteiger partial charge is 0.0771 e. The second kappa shape index (κ2) is 6.72. The summed E-state index contributed by atoms with van der Waals surface area (Å²) < 4.78 is 1.97. The van der Waals surface area contributed by atoms with E-state index < -0.39 is 5.60 Å². The lowest BCUT2D eigenvalue weighted by Crippen LogP contribution is -2.43. The van der Waals surface area contributed by atoms with E-state index in [2.05, 4.69) is 31.2 Å². The van der Waals surface area contributed by atoms with Gasteiger partial charge in [-0.15, -0.1) is 0 Å². The molecule has 0 atom stereocenters. The van der Waals surface area contributed by atoms with E-state index in [0.29, 0.717) is 12.6 Å². The molecule has 1 aliphatic rings. The molecule has 2 rings (SSSR count). The Bertz CT molecular complexity index is 406. The van der Waals surface area contributed by atoms with Crippen molar-refractivity contribution in [2.75, 3.05) is 6.54 Å². The molecule has 2 N–H and O–H groups in total. The maximum Gasteiger partial charge on any atom is 0.0771 e. The number of aromatic nitrogens is 2. The Balaban J connectivity index is 1.75. The average molecular weight is 279 g/mol. The van der Waals surface area contributed by atoms with Crippen molar-refractivity contribution in [3.05, 3.63) is 18.0 Å². The van der Waals surface area contributed by atoms with Gasteiger partial charge in [0.15, 0.2) is 0 Å². The highest BCUT2D eigenvalue weighted by Crippen LogP contribution is 2.33. The van der Waals surface area contributed by atoms with Gasteiger partial charge >= 0.3 is 0 Å². The molecule has 1 fully saturated rings. The van der Waals surface area contributed by atoms with Gasteiger partial charge in [0.05, 0.1) is 11.3 Å². The lowest BCUT2D eigenvalue weighted by atomic mass is 9.78. The summed E-state index contributed by atoms with van der Waals surface area (Å²) in [5.74, 6) is 0.817. The van der Waals surface area contributed by atoms with Crippen LogP contribution in [0.1, 0.15) is 64.6 Å². The Labute approximate surface area is 122 Å². The SMILES string of the molecule is CCC1CCC(O)(CNCc2ccn(C(C)C)n2)CC1. The molecule has 0 aromatic carbocycles. The molecular formula is C16H29N3O. The van der Waals surface area contributed by atoms with Crippen molar-refractivity contribution in [2.45, 2.75) is 71.1 Å². The summed E-state index contributed by atoms with van der Waals surface area (Å²) in [6.07, 6.45) is 7.45. The molecule has 1 aromatic rings. The van der Waals surface area contributed by atoms with Crippen LogP contribution in [0.3, 0.4) is 0 Å². The number of aliphatic hydroxyl groups is 1. The van der Waals surface area contributed by atoms with Crippen molar-refractivity contribution in [3.8, 4) is 0 Å². The maximum atomic E-state index is 10.6. The van der Waals surface area contributed by atoms with Gasteiger partial charge in [0.1, 0.15) is 0 Å². The Morgan fingerprint density at radius 3 is 2.70 bits per heavy atom. The summed E-state index contributed by atoms with van der Waals surface area (Å²) in [4.78, 5) is 0. The summed E-state index contributed by atoms with van der Waals surface area (Å²) in [6, 6.07) is 2.45. The van der Waals surface area contributed by atoms with Crippen molar-refractivity contribution >= 4 is 0 Å². The van der Waals surface area contributed by atoms with Crippen LogP contribution in [0.25, 0.3) is 0 Å². The van der Waals surface area contributed by atoms with Gasteiger partial charge in [-0.25, -0.2) is 0 Å². The summed E-state index contributed by atoms with van der Waals surface area (Å²) >= 11 is 0. The van der Waals surface area contributed by atoms with E-state index in [-0.39, 0.29) is 0 Å². The maximum absolute atomic E-state index is 10.6. The molecule has 4 nitrogen and oxygen atoms in total. The molecular weight excluding hydrogens is 250 g/mol. The summed E-state index contributed by atoms with van der Waals surface area (Å²) in [6.45, 7) is 7.91. The summed E-state index contributed by atoms with van der Waals surface area (Å²) in [5, 5.41) is 18.5. The van der Waals surface area contributed by atoms with E-state index in [4.69, 9.17) is 0 Å². The second-order valence-electron chi connectivity index (χ2n) is 6.56. The van der Waals surface area contributed by atoms with E-state index in [1.54, 1.807) is 0 Å². The topological polar surface area (TPSA) is 50.1 Å². The molecule has 114 valence electrons. The van der Waals surface area contributed by atoms with Crippen molar-refractivity contribution < 1.29 is 5.11 Å². The Morgan fingerprint density at radius 1 is 1.45 bits per heavy atom. The van der Waals surface area contributed by atoms with Gasteiger partial charge in [0, 0.05) is 25.3 Å². The van der Waals surface area contributed by atoms with Crippen LogP contribution in [0.4, 0.5) is 0 Å². The van der Waals surface area contributed by atoms with Crippen LogP contribution in [0.5, 0.6) is 0 Å². The van der Waals surface area contributed by atoms with Crippen molar-refractivity contribution in [2.24, 2.45) is 5.92 Å². The van der Waals surface area contributed by atoms with Crippen LogP contribution >= 0.6 is 0 Å². The van der Waals surface area contributed by atoms with E-state index in [1.807, 2.05) is 16.9 Å². The Hall–Kier alpha value is -0.870. The third-order valence-electron chi connectivity index (χ3n) is 4.57. The Morgan fingerprint density at radius 2 is 2.15 bits per heavy atom. The fraction of sp³-hybridized carbons (Fsp3) is 0.812. The van der Waals surface area contributed by atoms with Gasteiger partial charge in [-0.2, -0.15) is 5.10 Å². The quantitative estimate of drug-likeness (QED) is 0.842. The minimum absolute atomic E-state index is 0.400. The minimum atomic E-state index is -0.508. The first-order chi connectivity index (χ1) is 9.52. The highest BCUT2D eigenvalue weighted by molar-refractivity contribution is 4.99. The highest BCUT2D eigenvalue weighted by Gasteiger charge is 2.32. The molecule has 0 spiro atoms. The molecule has 1 aromatic heterocycles. The number of rotatable bonds is 6. The minimum Gasteiger partial charge on any atom is -0.389 e. The average Bonchev–Trinajstić information content (AvgIpc) is 2.89. The molecule has 20 heavy (non-hydrogen) atoms. The molecule has 0 aliphatic heterocycles. The van der Waals surface area contributed by atoms with Crippen LogP contribution in [-0.4, -0.2) is 27.0 Å². The number of nitrogens with one attached hydrogen (secondary N) is 1. The van der Waals surface area contributed by atoms with E-state index in [9.17, 15) is 5.11 Å². The zero-order valence-corrected chi connectivity index (χ0v) is 13.1. The fourth-order valence-electron chi connectivity index (χ4n) is 2.98. The molecule has 0 unspecified atom stereocenters. The van der Waals surface area contributed by atoms with Gasteiger partial charge in [-0.3, -0.25) is 4.68 Å².